The highest BCUT2D eigenvalue weighted by Gasteiger charge is 2.29. The number of aliphatic hydroxyl groups is 1. The monoisotopic (exact) mass is 514 g/mol. The second kappa shape index (κ2) is 11.1. The lowest BCUT2D eigenvalue weighted by Crippen LogP contribution is -2.20. The molecule has 0 bridgehead atoms. The third kappa shape index (κ3) is 6.14. The van der Waals surface area contributed by atoms with Crippen LogP contribution in [0.15, 0.2) is 60.7 Å². The first kappa shape index (κ1) is 25.0. The number of carbonyl (C=O) groups excluding carboxylic acids is 1. The SMILES string of the molecule is O=C(CC(CO)Cc1ccc(Cl)cc1)c1ccc(Oc2cc3c(cc2Cl)C(C(=O)O)CCO3)cc1. The predicted molar refractivity (Wildman–Crippen MR) is 133 cm³/mol. The third-order valence-corrected chi connectivity index (χ3v) is 6.52. The molecule has 0 spiro atoms. The summed E-state index contributed by atoms with van der Waals surface area (Å²) in [5, 5.41) is 20.1. The molecule has 6 nitrogen and oxygen atoms in total. The normalized spacial score (nSPS) is 15.6. The van der Waals surface area contributed by atoms with Crippen molar-refractivity contribution in [2.75, 3.05) is 13.2 Å². The van der Waals surface area contributed by atoms with Crippen molar-refractivity contribution < 1.29 is 29.3 Å². The number of rotatable bonds is 9. The summed E-state index contributed by atoms with van der Waals surface area (Å²) >= 11 is 12.3. The van der Waals surface area contributed by atoms with E-state index >= 15 is 0 Å². The first-order valence-electron chi connectivity index (χ1n) is 11.2. The van der Waals surface area contributed by atoms with Gasteiger partial charge >= 0.3 is 5.97 Å². The average molecular weight is 515 g/mol. The Hall–Kier alpha value is -3.06. The van der Waals surface area contributed by atoms with Crippen molar-refractivity contribution in [2.24, 2.45) is 5.92 Å². The summed E-state index contributed by atoms with van der Waals surface area (Å²) in [5.41, 5.74) is 2.04. The summed E-state index contributed by atoms with van der Waals surface area (Å²) in [4.78, 5) is 24.3. The van der Waals surface area contributed by atoms with E-state index in [0.29, 0.717) is 52.8 Å². The molecule has 0 fully saturated rings. The number of fused-ring (bicyclic) bond motifs is 1. The Morgan fingerprint density at radius 2 is 1.77 bits per heavy atom. The van der Waals surface area contributed by atoms with Crippen LogP contribution in [-0.4, -0.2) is 35.2 Å². The van der Waals surface area contributed by atoms with Crippen molar-refractivity contribution in [3.63, 3.8) is 0 Å². The number of carboxylic acids is 1. The maximum atomic E-state index is 12.8. The predicted octanol–water partition coefficient (Wildman–Crippen LogP) is 6.16. The fraction of sp³-hybridized carbons (Fsp3) is 0.259. The highest BCUT2D eigenvalue weighted by atomic mass is 35.5. The van der Waals surface area contributed by atoms with E-state index in [-0.39, 0.29) is 29.8 Å². The van der Waals surface area contributed by atoms with Gasteiger partial charge in [-0.05, 0) is 66.8 Å². The highest BCUT2D eigenvalue weighted by Crippen LogP contribution is 2.41. The maximum Gasteiger partial charge on any atom is 0.311 e. The van der Waals surface area contributed by atoms with Crippen LogP contribution in [-0.2, 0) is 11.2 Å². The molecule has 1 heterocycles. The highest BCUT2D eigenvalue weighted by molar-refractivity contribution is 6.32. The van der Waals surface area contributed by atoms with E-state index in [4.69, 9.17) is 32.7 Å². The van der Waals surface area contributed by atoms with Crippen LogP contribution >= 0.6 is 23.2 Å². The van der Waals surface area contributed by atoms with Gasteiger partial charge in [0.15, 0.2) is 5.78 Å². The number of aliphatic hydroxyl groups excluding tert-OH is 1. The van der Waals surface area contributed by atoms with Crippen LogP contribution in [0.3, 0.4) is 0 Å². The molecule has 2 atom stereocenters. The Labute approximate surface area is 213 Å². The zero-order valence-electron chi connectivity index (χ0n) is 18.7. The Bertz CT molecular complexity index is 1210. The van der Waals surface area contributed by atoms with Crippen LogP contribution in [0.1, 0.15) is 40.2 Å². The minimum Gasteiger partial charge on any atom is -0.493 e. The number of hydrogen-bond donors (Lipinski definition) is 2. The molecule has 0 saturated heterocycles. The van der Waals surface area contributed by atoms with Crippen LogP contribution in [0.5, 0.6) is 17.2 Å². The van der Waals surface area contributed by atoms with Crippen molar-refractivity contribution in [1.29, 1.82) is 0 Å². The molecule has 0 saturated carbocycles. The smallest absolute Gasteiger partial charge is 0.311 e. The average Bonchev–Trinajstić information content (AvgIpc) is 2.85. The van der Waals surface area contributed by atoms with E-state index in [1.165, 1.54) is 0 Å². The van der Waals surface area contributed by atoms with Crippen molar-refractivity contribution in [2.45, 2.75) is 25.2 Å². The van der Waals surface area contributed by atoms with Gasteiger partial charge in [0.1, 0.15) is 17.2 Å². The number of carbonyl (C=O) groups is 2. The summed E-state index contributed by atoms with van der Waals surface area (Å²) < 4.78 is 11.5. The van der Waals surface area contributed by atoms with Crippen LogP contribution in [0.4, 0.5) is 0 Å². The Morgan fingerprint density at radius 1 is 1.06 bits per heavy atom. The lowest BCUT2D eigenvalue weighted by molar-refractivity contribution is -0.139. The molecule has 3 aromatic rings. The standard InChI is InChI=1S/C27H24Cl2O6/c28-19-5-1-16(2-6-19)11-17(15-30)12-24(31)18-3-7-20(8-4-18)35-26-14-25-22(13-23(26)29)21(27(32)33)9-10-34-25/h1-8,13-14,17,21,30H,9-12,15H2,(H,32,33). The zero-order chi connectivity index (χ0) is 24.9. The molecule has 1 aliphatic rings. The number of hydrogen-bond acceptors (Lipinski definition) is 5. The molecule has 8 heteroatoms. The Kier molecular flexibility index (Phi) is 7.96. The van der Waals surface area contributed by atoms with E-state index in [1.807, 2.05) is 12.1 Å². The first-order valence-corrected chi connectivity index (χ1v) is 11.9. The molecule has 1 aliphatic heterocycles. The van der Waals surface area contributed by atoms with E-state index in [9.17, 15) is 19.8 Å². The van der Waals surface area contributed by atoms with E-state index in [1.54, 1.807) is 48.5 Å². The van der Waals surface area contributed by atoms with Crippen LogP contribution in [0, 0.1) is 5.92 Å². The van der Waals surface area contributed by atoms with Gasteiger partial charge in [-0.3, -0.25) is 9.59 Å². The number of carboxylic acid groups (broad SMARTS) is 1. The molecule has 0 aromatic heterocycles. The van der Waals surface area contributed by atoms with Crippen LogP contribution in [0.2, 0.25) is 10.0 Å². The van der Waals surface area contributed by atoms with Crippen LogP contribution in [0.25, 0.3) is 0 Å². The number of halogens is 2. The molecule has 3 aromatic carbocycles. The fourth-order valence-electron chi connectivity index (χ4n) is 4.10. The van der Waals surface area contributed by atoms with Crippen molar-refractivity contribution >= 4 is 35.0 Å². The topological polar surface area (TPSA) is 93.1 Å². The number of ether oxygens (including phenoxy) is 2. The molecule has 182 valence electrons. The lowest BCUT2D eigenvalue weighted by Gasteiger charge is -2.24. The fourth-order valence-corrected chi connectivity index (χ4v) is 4.43. The summed E-state index contributed by atoms with van der Waals surface area (Å²) in [5.74, 6) is -0.638. The third-order valence-electron chi connectivity index (χ3n) is 5.98. The molecule has 4 rings (SSSR count). The summed E-state index contributed by atoms with van der Waals surface area (Å²) in [6.45, 7) is 0.200. The molecular weight excluding hydrogens is 491 g/mol. The molecule has 35 heavy (non-hydrogen) atoms. The number of aliphatic carboxylic acids is 1. The Morgan fingerprint density at radius 3 is 2.43 bits per heavy atom. The van der Waals surface area contributed by atoms with Gasteiger partial charge in [-0.15, -0.1) is 0 Å². The minimum atomic E-state index is -0.920. The summed E-state index contributed by atoms with van der Waals surface area (Å²) in [6.07, 6.45) is 1.16. The van der Waals surface area contributed by atoms with E-state index < -0.39 is 11.9 Å². The van der Waals surface area contributed by atoms with E-state index in [2.05, 4.69) is 0 Å². The lowest BCUT2D eigenvalue weighted by atomic mass is 9.93. The summed E-state index contributed by atoms with van der Waals surface area (Å²) in [7, 11) is 0. The van der Waals surface area contributed by atoms with E-state index in [0.717, 1.165) is 5.56 Å². The molecule has 0 radical (unpaired) electrons. The van der Waals surface area contributed by atoms with Gasteiger partial charge in [0.25, 0.3) is 0 Å². The first-order chi connectivity index (χ1) is 16.8. The Balaban J connectivity index is 1.42. The quantitative estimate of drug-likeness (QED) is 0.332. The number of Topliss-reactive ketones (excluding diaryl/α,β-unsaturated/α-hetero) is 1. The molecular formula is C27H24Cl2O6. The zero-order valence-corrected chi connectivity index (χ0v) is 20.3. The molecule has 0 amide bonds. The number of benzene rings is 3. The van der Waals surface area contributed by atoms with Gasteiger partial charge in [-0.2, -0.15) is 0 Å². The molecule has 2 N–H and O–H groups in total. The second-order valence-electron chi connectivity index (χ2n) is 8.48. The van der Waals surface area contributed by atoms with Gasteiger partial charge in [-0.25, -0.2) is 0 Å². The van der Waals surface area contributed by atoms with Gasteiger partial charge < -0.3 is 19.7 Å². The molecule has 2 unspecified atom stereocenters. The van der Waals surface area contributed by atoms with Crippen molar-refractivity contribution in [3.8, 4) is 17.2 Å². The van der Waals surface area contributed by atoms with Gasteiger partial charge in [0.2, 0.25) is 0 Å². The van der Waals surface area contributed by atoms with Gasteiger partial charge in [0, 0.05) is 35.2 Å². The largest absolute Gasteiger partial charge is 0.493 e. The number of ketones is 1. The maximum absolute atomic E-state index is 12.8. The van der Waals surface area contributed by atoms with Crippen molar-refractivity contribution in [3.05, 3.63) is 87.4 Å². The molecule has 0 aliphatic carbocycles. The summed E-state index contributed by atoms with van der Waals surface area (Å²) in [6, 6.07) is 17.2. The minimum absolute atomic E-state index is 0.0792. The van der Waals surface area contributed by atoms with Gasteiger partial charge in [-0.1, -0.05) is 35.3 Å². The van der Waals surface area contributed by atoms with Gasteiger partial charge in [0.05, 0.1) is 17.5 Å². The van der Waals surface area contributed by atoms with Crippen molar-refractivity contribution in [1.82, 2.24) is 0 Å². The second-order valence-corrected chi connectivity index (χ2v) is 9.32. The van der Waals surface area contributed by atoms with Crippen LogP contribution < -0.4 is 9.47 Å².